The molecule has 0 radical (unpaired) electrons. The van der Waals surface area contributed by atoms with Crippen molar-refractivity contribution in [1.29, 1.82) is 0 Å². The Labute approximate surface area is 132 Å². The molecule has 116 valence electrons. The van der Waals surface area contributed by atoms with Crippen LogP contribution < -0.4 is 9.47 Å². The molecule has 6 heteroatoms. The molecule has 0 atom stereocenters. The molecule has 0 unspecified atom stereocenters. The first-order valence-electron chi connectivity index (χ1n) is 6.65. The van der Waals surface area contributed by atoms with Gasteiger partial charge in [0.25, 0.3) is 0 Å². The second-order valence-electron chi connectivity index (χ2n) is 4.43. The van der Waals surface area contributed by atoms with Gasteiger partial charge in [-0.15, -0.1) is 0 Å². The number of hydrogen-bond acceptors (Lipinski definition) is 4. The normalized spacial score (nSPS) is 10.9. The van der Waals surface area contributed by atoms with E-state index in [1.54, 1.807) is 24.3 Å². The van der Waals surface area contributed by atoms with Gasteiger partial charge in [-0.1, -0.05) is 28.9 Å². The molecule has 0 aliphatic carbocycles. The molecule has 1 N–H and O–H groups in total. The van der Waals surface area contributed by atoms with Gasteiger partial charge < -0.3 is 14.7 Å². The molecule has 2 aromatic carbocycles. The van der Waals surface area contributed by atoms with Crippen molar-refractivity contribution in [1.82, 2.24) is 0 Å². The van der Waals surface area contributed by atoms with E-state index in [4.69, 9.17) is 26.3 Å². The minimum Gasteiger partial charge on any atom is -0.490 e. The van der Waals surface area contributed by atoms with Crippen LogP contribution >= 0.6 is 11.6 Å². The molecular weight excluding hydrogens is 309 g/mol. The zero-order valence-corrected chi connectivity index (χ0v) is 12.7. The topological polar surface area (TPSA) is 51.0 Å². The molecule has 0 aliphatic heterocycles. The van der Waals surface area contributed by atoms with E-state index in [0.717, 1.165) is 0 Å². The third kappa shape index (κ3) is 4.11. The zero-order valence-electron chi connectivity index (χ0n) is 11.9. The van der Waals surface area contributed by atoms with Crippen LogP contribution in [-0.4, -0.2) is 18.0 Å². The minimum atomic E-state index is -0.327. The molecule has 0 aliphatic rings. The first kappa shape index (κ1) is 16.1. The maximum Gasteiger partial charge on any atom is 0.180 e. The Morgan fingerprint density at radius 1 is 1.27 bits per heavy atom. The summed E-state index contributed by atoms with van der Waals surface area (Å²) in [5.41, 5.74) is 1.26. The Kier molecular flexibility index (Phi) is 5.61. The lowest BCUT2D eigenvalue weighted by atomic mass is 10.2. The molecule has 0 spiro atoms. The SMILES string of the molecule is CCOc1cc(/C=N/O)cc(Cl)c1OCc1cccc(F)c1. The van der Waals surface area contributed by atoms with Crippen molar-refractivity contribution in [2.24, 2.45) is 5.16 Å². The lowest BCUT2D eigenvalue weighted by molar-refractivity contribution is 0.269. The van der Waals surface area contributed by atoms with Gasteiger partial charge in [0.1, 0.15) is 12.4 Å². The summed E-state index contributed by atoms with van der Waals surface area (Å²) >= 11 is 6.18. The molecule has 2 aromatic rings. The lowest BCUT2D eigenvalue weighted by Gasteiger charge is -2.14. The van der Waals surface area contributed by atoms with E-state index < -0.39 is 0 Å². The molecule has 0 saturated carbocycles. The first-order valence-corrected chi connectivity index (χ1v) is 7.03. The van der Waals surface area contributed by atoms with E-state index in [0.29, 0.717) is 34.3 Å². The van der Waals surface area contributed by atoms with E-state index in [9.17, 15) is 4.39 Å². The number of benzene rings is 2. The Hall–Kier alpha value is -2.27. The van der Waals surface area contributed by atoms with E-state index in [2.05, 4.69) is 5.16 Å². The maximum atomic E-state index is 13.2. The minimum absolute atomic E-state index is 0.158. The molecule has 0 bridgehead atoms. The van der Waals surface area contributed by atoms with Gasteiger partial charge in [-0.25, -0.2) is 4.39 Å². The lowest BCUT2D eigenvalue weighted by Crippen LogP contribution is -2.01. The summed E-state index contributed by atoms with van der Waals surface area (Å²) in [5, 5.41) is 11.9. The number of nitrogens with zero attached hydrogens (tertiary/aromatic N) is 1. The van der Waals surface area contributed by atoms with Crippen molar-refractivity contribution >= 4 is 17.8 Å². The van der Waals surface area contributed by atoms with Crippen molar-refractivity contribution in [3.63, 3.8) is 0 Å². The van der Waals surface area contributed by atoms with Crippen LogP contribution in [0, 0.1) is 5.82 Å². The first-order chi connectivity index (χ1) is 10.6. The highest BCUT2D eigenvalue weighted by atomic mass is 35.5. The second kappa shape index (κ2) is 7.66. The number of rotatable bonds is 6. The highest BCUT2D eigenvalue weighted by molar-refractivity contribution is 6.32. The van der Waals surface area contributed by atoms with Crippen LogP contribution in [0.3, 0.4) is 0 Å². The van der Waals surface area contributed by atoms with Crippen LogP contribution in [0.15, 0.2) is 41.6 Å². The van der Waals surface area contributed by atoms with Gasteiger partial charge in [0.05, 0.1) is 17.8 Å². The van der Waals surface area contributed by atoms with Gasteiger partial charge in [0, 0.05) is 5.56 Å². The van der Waals surface area contributed by atoms with Crippen LogP contribution in [0.5, 0.6) is 11.5 Å². The monoisotopic (exact) mass is 323 g/mol. The number of halogens is 2. The fraction of sp³-hybridized carbons (Fsp3) is 0.188. The molecule has 22 heavy (non-hydrogen) atoms. The van der Waals surface area contributed by atoms with E-state index in [1.807, 2.05) is 6.92 Å². The fourth-order valence-electron chi connectivity index (χ4n) is 1.91. The van der Waals surface area contributed by atoms with Crippen molar-refractivity contribution in [2.45, 2.75) is 13.5 Å². The summed E-state index contributed by atoms with van der Waals surface area (Å²) in [6, 6.07) is 9.36. The van der Waals surface area contributed by atoms with E-state index >= 15 is 0 Å². The van der Waals surface area contributed by atoms with Gasteiger partial charge in [-0.05, 0) is 36.8 Å². The smallest absolute Gasteiger partial charge is 0.180 e. The highest BCUT2D eigenvalue weighted by Crippen LogP contribution is 2.36. The summed E-state index contributed by atoms with van der Waals surface area (Å²) in [7, 11) is 0. The largest absolute Gasteiger partial charge is 0.490 e. The fourth-order valence-corrected chi connectivity index (χ4v) is 2.19. The van der Waals surface area contributed by atoms with Gasteiger partial charge in [-0.2, -0.15) is 0 Å². The van der Waals surface area contributed by atoms with Gasteiger partial charge >= 0.3 is 0 Å². The summed E-state index contributed by atoms with van der Waals surface area (Å²) in [4.78, 5) is 0. The van der Waals surface area contributed by atoms with Crippen LogP contribution in [0.2, 0.25) is 5.02 Å². The molecule has 0 heterocycles. The number of hydrogen-bond donors (Lipinski definition) is 1. The Morgan fingerprint density at radius 3 is 2.77 bits per heavy atom. The highest BCUT2D eigenvalue weighted by Gasteiger charge is 2.12. The van der Waals surface area contributed by atoms with Crippen molar-refractivity contribution in [2.75, 3.05) is 6.61 Å². The van der Waals surface area contributed by atoms with Gasteiger partial charge in [0.2, 0.25) is 0 Å². The molecule has 0 fully saturated rings. The molecule has 2 rings (SSSR count). The maximum absolute atomic E-state index is 13.2. The number of oxime groups is 1. The van der Waals surface area contributed by atoms with Crippen LogP contribution in [-0.2, 0) is 6.61 Å². The van der Waals surface area contributed by atoms with Crippen LogP contribution in [0.25, 0.3) is 0 Å². The summed E-state index contributed by atoms with van der Waals surface area (Å²) in [6.45, 7) is 2.41. The Balaban J connectivity index is 2.25. The molecular formula is C16H15ClFNO3. The average Bonchev–Trinajstić information content (AvgIpc) is 2.47. The van der Waals surface area contributed by atoms with E-state index in [-0.39, 0.29) is 12.4 Å². The average molecular weight is 324 g/mol. The molecule has 0 saturated heterocycles. The molecule has 4 nitrogen and oxygen atoms in total. The van der Waals surface area contributed by atoms with Crippen molar-refractivity contribution in [3.8, 4) is 11.5 Å². The summed E-state index contributed by atoms with van der Waals surface area (Å²) < 4.78 is 24.3. The predicted molar refractivity (Wildman–Crippen MR) is 82.7 cm³/mol. The Morgan fingerprint density at radius 2 is 2.09 bits per heavy atom. The van der Waals surface area contributed by atoms with Crippen LogP contribution in [0.1, 0.15) is 18.1 Å². The summed E-state index contributed by atoms with van der Waals surface area (Å²) in [6.07, 6.45) is 1.24. The van der Waals surface area contributed by atoms with Gasteiger partial charge in [-0.3, -0.25) is 0 Å². The second-order valence-corrected chi connectivity index (χ2v) is 4.83. The predicted octanol–water partition coefficient (Wildman–Crippen LogP) is 4.26. The van der Waals surface area contributed by atoms with Crippen LogP contribution in [0.4, 0.5) is 4.39 Å². The quantitative estimate of drug-likeness (QED) is 0.491. The van der Waals surface area contributed by atoms with Crippen molar-refractivity contribution in [3.05, 3.63) is 58.4 Å². The molecule has 0 amide bonds. The summed E-state index contributed by atoms with van der Waals surface area (Å²) in [5.74, 6) is 0.468. The molecule has 0 aromatic heterocycles. The van der Waals surface area contributed by atoms with Gasteiger partial charge in [0.15, 0.2) is 11.5 Å². The van der Waals surface area contributed by atoms with E-state index in [1.165, 1.54) is 18.3 Å². The Bertz CT molecular complexity index is 676. The third-order valence-corrected chi connectivity index (χ3v) is 3.09. The number of ether oxygens (including phenoxy) is 2. The third-order valence-electron chi connectivity index (χ3n) is 2.81. The zero-order chi connectivity index (χ0) is 15.9. The standard InChI is InChI=1S/C16H15ClFNO3/c1-2-21-15-8-12(9-19-20)7-14(17)16(15)22-10-11-4-3-5-13(18)6-11/h3-9,20H,2,10H2,1H3/b19-9+. The van der Waals surface area contributed by atoms with Crippen molar-refractivity contribution < 1.29 is 19.1 Å².